The fraction of sp³-hybridized carbons (Fsp3) is 0.500. The van der Waals surface area contributed by atoms with Gasteiger partial charge in [-0.05, 0) is 31.0 Å². The van der Waals surface area contributed by atoms with E-state index in [4.69, 9.17) is 5.73 Å². The maximum absolute atomic E-state index is 6.05. The van der Waals surface area contributed by atoms with Crippen molar-refractivity contribution in [2.75, 3.05) is 36.8 Å². The molecule has 1 saturated heterocycles. The van der Waals surface area contributed by atoms with E-state index in [0.717, 1.165) is 31.9 Å². The number of rotatable bonds is 1. The molecule has 3 heteroatoms. The molecule has 0 unspecified atom stereocenters. The zero-order valence-electron chi connectivity index (χ0n) is 9.51. The fourth-order valence-corrected chi connectivity index (χ4v) is 2.10. The third-order valence-corrected chi connectivity index (χ3v) is 3.16. The normalized spacial score (nSPS) is 16.8. The molecule has 0 amide bonds. The number of aryl methyl sites for hydroxylation is 1. The van der Waals surface area contributed by atoms with Crippen LogP contribution >= 0.6 is 0 Å². The molecule has 15 heavy (non-hydrogen) atoms. The molecule has 0 spiro atoms. The van der Waals surface area contributed by atoms with E-state index in [1.54, 1.807) is 0 Å². The van der Waals surface area contributed by atoms with Crippen LogP contribution in [0.4, 0.5) is 11.4 Å². The SMILES string of the molecule is Cc1ccc(N2CCNCC2)c(C)c1N. The van der Waals surface area contributed by atoms with Crippen molar-refractivity contribution in [3.05, 3.63) is 23.3 Å². The van der Waals surface area contributed by atoms with Crippen molar-refractivity contribution >= 4 is 11.4 Å². The number of hydrogen-bond donors (Lipinski definition) is 2. The molecule has 1 aliphatic rings. The summed E-state index contributed by atoms with van der Waals surface area (Å²) in [4.78, 5) is 2.40. The number of nitrogen functional groups attached to an aromatic ring is 1. The summed E-state index contributed by atoms with van der Waals surface area (Å²) in [5.41, 5.74) is 10.7. The minimum absolute atomic E-state index is 0.936. The molecule has 1 aromatic rings. The lowest BCUT2D eigenvalue weighted by Crippen LogP contribution is -2.43. The first-order chi connectivity index (χ1) is 7.20. The summed E-state index contributed by atoms with van der Waals surface area (Å²) in [5.74, 6) is 0. The molecular formula is C12H19N3. The van der Waals surface area contributed by atoms with Gasteiger partial charge in [0, 0.05) is 37.6 Å². The van der Waals surface area contributed by atoms with Crippen LogP contribution in [0.5, 0.6) is 0 Å². The average Bonchev–Trinajstić information content (AvgIpc) is 2.27. The quantitative estimate of drug-likeness (QED) is 0.679. The van der Waals surface area contributed by atoms with Crippen molar-refractivity contribution in [2.45, 2.75) is 13.8 Å². The lowest BCUT2D eigenvalue weighted by Gasteiger charge is -2.31. The molecular weight excluding hydrogens is 186 g/mol. The van der Waals surface area contributed by atoms with Crippen molar-refractivity contribution in [3.63, 3.8) is 0 Å². The van der Waals surface area contributed by atoms with Crippen LogP contribution in [0.3, 0.4) is 0 Å². The van der Waals surface area contributed by atoms with Gasteiger partial charge in [0.1, 0.15) is 0 Å². The zero-order chi connectivity index (χ0) is 10.8. The Kier molecular flexibility index (Phi) is 2.82. The summed E-state index contributed by atoms with van der Waals surface area (Å²) in [7, 11) is 0. The van der Waals surface area contributed by atoms with E-state index in [0.29, 0.717) is 0 Å². The predicted molar refractivity (Wildman–Crippen MR) is 65.4 cm³/mol. The second-order valence-electron chi connectivity index (χ2n) is 4.18. The highest BCUT2D eigenvalue weighted by Crippen LogP contribution is 2.27. The van der Waals surface area contributed by atoms with Gasteiger partial charge >= 0.3 is 0 Å². The van der Waals surface area contributed by atoms with Gasteiger partial charge in [0.15, 0.2) is 0 Å². The topological polar surface area (TPSA) is 41.3 Å². The molecule has 1 heterocycles. The number of nitrogens with two attached hydrogens (primary N) is 1. The Balaban J connectivity index is 2.31. The van der Waals surface area contributed by atoms with Gasteiger partial charge in [0.25, 0.3) is 0 Å². The van der Waals surface area contributed by atoms with Crippen molar-refractivity contribution in [2.24, 2.45) is 0 Å². The maximum Gasteiger partial charge on any atom is 0.0417 e. The molecule has 0 saturated carbocycles. The minimum Gasteiger partial charge on any atom is -0.398 e. The van der Waals surface area contributed by atoms with Gasteiger partial charge in [-0.25, -0.2) is 0 Å². The molecule has 0 aromatic heterocycles. The number of piperazine rings is 1. The lowest BCUT2D eigenvalue weighted by molar-refractivity contribution is 0.588. The molecule has 3 nitrogen and oxygen atoms in total. The van der Waals surface area contributed by atoms with E-state index < -0.39 is 0 Å². The summed E-state index contributed by atoms with van der Waals surface area (Å²) < 4.78 is 0. The number of nitrogens with one attached hydrogen (secondary N) is 1. The van der Waals surface area contributed by atoms with Gasteiger partial charge in [-0.1, -0.05) is 6.07 Å². The predicted octanol–water partition coefficient (Wildman–Crippen LogP) is 1.30. The number of benzene rings is 1. The van der Waals surface area contributed by atoms with Gasteiger partial charge in [-0.3, -0.25) is 0 Å². The Labute approximate surface area is 91.3 Å². The van der Waals surface area contributed by atoms with Crippen LogP contribution in [0.15, 0.2) is 12.1 Å². The zero-order valence-corrected chi connectivity index (χ0v) is 9.51. The first-order valence-corrected chi connectivity index (χ1v) is 5.51. The molecule has 0 bridgehead atoms. The Hall–Kier alpha value is -1.22. The van der Waals surface area contributed by atoms with E-state index in [9.17, 15) is 0 Å². The van der Waals surface area contributed by atoms with Crippen molar-refractivity contribution < 1.29 is 0 Å². The number of hydrogen-bond acceptors (Lipinski definition) is 3. The Morgan fingerprint density at radius 3 is 2.53 bits per heavy atom. The maximum atomic E-state index is 6.05. The van der Waals surface area contributed by atoms with Crippen molar-refractivity contribution in [3.8, 4) is 0 Å². The average molecular weight is 205 g/mol. The number of nitrogens with zero attached hydrogens (tertiary/aromatic N) is 1. The molecule has 1 fully saturated rings. The van der Waals surface area contributed by atoms with E-state index in [1.807, 2.05) is 0 Å². The van der Waals surface area contributed by atoms with Crippen LogP contribution in [0.25, 0.3) is 0 Å². The third kappa shape index (κ3) is 1.92. The summed E-state index contributed by atoms with van der Waals surface area (Å²) in [5, 5.41) is 3.36. The van der Waals surface area contributed by atoms with Crippen LogP contribution in [-0.4, -0.2) is 26.2 Å². The highest BCUT2D eigenvalue weighted by molar-refractivity contribution is 5.67. The smallest absolute Gasteiger partial charge is 0.0417 e. The highest BCUT2D eigenvalue weighted by Gasteiger charge is 2.14. The standard InChI is InChI=1S/C12H19N3/c1-9-3-4-11(10(2)12(9)13)15-7-5-14-6-8-15/h3-4,14H,5-8,13H2,1-2H3. The monoisotopic (exact) mass is 205 g/mol. The first-order valence-electron chi connectivity index (χ1n) is 5.51. The van der Waals surface area contributed by atoms with Crippen molar-refractivity contribution in [1.82, 2.24) is 5.32 Å². The third-order valence-electron chi connectivity index (χ3n) is 3.16. The molecule has 1 aliphatic heterocycles. The summed E-state index contributed by atoms with van der Waals surface area (Å²) in [6.07, 6.45) is 0. The largest absolute Gasteiger partial charge is 0.398 e. The van der Waals surface area contributed by atoms with E-state index in [1.165, 1.54) is 16.8 Å². The Morgan fingerprint density at radius 1 is 1.20 bits per heavy atom. The van der Waals surface area contributed by atoms with Crippen molar-refractivity contribution in [1.29, 1.82) is 0 Å². The molecule has 0 atom stereocenters. The van der Waals surface area contributed by atoms with Gasteiger partial charge in [0.05, 0.1) is 0 Å². The highest BCUT2D eigenvalue weighted by atomic mass is 15.2. The Bertz CT molecular complexity index is 354. The van der Waals surface area contributed by atoms with Crippen LogP contribution in [0.2, 0.25) is 0 Å². The van der Waals surface area contributed by atoms with Gasteiger partial charge in [0.2, 0.25) is 0 Å². The van der Waals surface area contributed by atoms with Gasteiger partial charge in [-0.15, -0.1) is 0 Å². The van der Waals surface area contributed by atoms with E-state index in [2.05, 4.69) is 36.2 Å². The fourth-order valence-electron chi connectivity index (χ4n) is 2.10. The van der Waals surface area contributed by atoms with Gasteiger partial charge < -0.3 is 16.0 Å². The van der Waals surface area contributed by atoms with Crippen LogP contribution in [0.1, 0.15) is 11.1 Å². The summed E-state index contributed by atoms with van der Waals surface area (Å²) in [6.45, 7) is 8.44. The molecule has 1 aromatic carbocycles. The first kappa shape index (κ1) is 10.3. The van der Waals surface area contributed by atoms with E-state index >= 15 is 0 Å². The second kappa shape index (κ2) is 4.11. The molecule has 0 aliphatic carbocycles. The molecule has 82 valence electrons. The van der Waals surface area contributed by atoms with Crippen LogP contribution in [-0.2, 0) is 0 Å². The minimum atomic E-state index is 0.936. The lowest BCUT2D eigenvalue weighted by atomic mass is 10.1. The van der Waals surface area contributed by atoms with Crippen LogP contribution in [0, 0.1) is 13.8 Å². The van der Waals surface area contributed by atoms with Gasteiger partial charge in [-0.2, -0.15) is 0 Å². The Morgan fingerprint density at radius 2 is 1.87 bits per heavy atom. The summed E-state index contributed by atoms with van der Waals surface area (Å²) in [6, 6.07) is 4.30. The molecule has 0 radical (unpaired) electrons. The van der Waals surface area contributed by atoms with E-state index in [-0.39, 0.29) is 0 Å². The van der Waals surface area contributed by atoms with Crippen LogP contribution < -0.4 is 16.0 Å². The second-order valence-corrected chi connectivity index (χ2v) is 4.18. The molecule has 3 N–H and O–H groups in total. The summed E-state index contributed by atoms with van der Waals surface area (Å²) >= 11 is 0. The number of anilines is 2. The molecule has 2 rings (SSSR count).